The van der Waals surface area contributed by atoms with Crippen molar-refractivity contribution in [1.82, 2.24) is 5.32 Å². The predicted molar refractivity (Wildman–Crippen MR) is 75.3 cm³/mol. The second kappa shape index (κ2) is 6.78. The highest BCUT2D eigenvalue weighted by Crippen LogP contribution is 2.42. The molecule has 0 aromatic heterocycles. The zero-order chi connectivity index (χ0) is 12.0. The lowest BCUT2D eigenvalue weighted by Gasteiger charge is -2.39. The predicted octanol–water partition coefficient (Wildman–Crippen LogP) is 4.52. The molecule has 0 bridgehead atoms. The Morgan fingerprint density at radius 1 is 0.941 bits per heavy atom. The van der Waals surface area contributed by atoms with E-state index in [9.17, 15) is 0 Å². The summed E-state index contributed by atoms with van der Waals surface area (Å²) in [6.07, 6.45) is 18.0. The molecule has 2 aliphatic carbocycles. The van der Waals surface area contributed by atoms with Crippen LogP contribution in [0.5, 0.6) is 0 Å². The standard InChI is InChI=1S/C16H31N/c1-17-14-16(11-6-3-7-12-16)13-10-15-8-4-2-5-9-15/h15,17H,2-14H2,1H3. The molecule has 1 nitrogen and oxygen atoms in total. The number of nitrogens with one attached hydrogen (secondary N) is 1. The van der Waals surface area contributed by atoms with E-state index in [0.29, 0.717) is 5.41 Å². The first kappa shape index (κ1) is 13.4. The molecule has 0 spiro atoms. The van der Waals surface area contributed by atoms with E-state index in [1.165, 1.54) is 83.6 Å². The molecule has 0 amide bonds. The average Bonchev–Trinajstić information content (AvgIpc) is 2.39. The van der Waals surface area contributed by atoms with E-state index < -0.39 is 0 Å². The Bertz CT molecular complexity index is 194. The zero-order valence-corrected chi connectivity index (χ0v) is 11.8. The van der Waals surface area contributed by atoms with Gasteiger partial charge in [0.2, 0.25) is 0 Å². The molecule has 17 heavy (non-hydrogen) atoms. The molecule has 2 saturated carbocycles. The average molecular weight is 237 g/mol. The van der Waals surface area contributed by atoms with Crippen molar-refractivity contribution in [2.24, 2.45) is 11.3 Å². The van der Waals surface area contributed by atoms with Crippen molar-refractivity contribution in [3.63, 3.8) is 0 Å². The van der Waals surface area contributed by atoms with E-state index in [-0.39, 0.29) is 0 Å². The third-order valence-electron chi connectivity index (χ3n) is 5.27. The maximum atomic E-state index is 3.47. The zero-order valence-electron chi connectivity index (χ0n) is 11.8. The molecule has 0 aromatic rings. The summed E-state index contributed by atoms with van der Waals surface area (Å²) in [4.78, 5) is 0. The Morgan fingerprint density at radius 2 is 1.59 bits per heavy atom. The van der Waals surface area contributed by atoms with Crippen LogP contribution < -0.4 is 5.32 Å². The summed E-state index contributed by atoms with van der Waals surface area (Å²) in [7, 11) is 2.14. The fourth-order valence-corrected chi connectivity index (χ4v) is 4.18. The summed E-state index contributed by atoms with van der Waals surface area (Å²) in [5.74, 6) is 1.07. The number of hydrogen-bond donors (Lipinski definition) is 1. The molecule has 0 radical (unpaired) electrons. The minimum absolute atomic E-state index is 0.671. The van der Waals surface area contributed by atoms with Crippen LogP contribution in [0, 0.1) is 11.3 Å². The van der Waals surface area contributed by atoms with Crippen molar-refractivity contribution < 1.29 is 0 Å². The molecule has 0 heterocycles. The van der Waals surface area contributed by atoms with Gasteiger partial charge in [-0.25, -0.2) is 0 Å². The van der Waals surface area contributed by atoms with Crippen molar-refractivity contribution in [2.45, 2.75) is 77.0 Å². The van der Waals surface area contributed by atoms with Crippen LogP contribution in [0.1, 0.15) is 77.0 Å². The van der Waals surface area contributed by atoms with Gasteiger partial charge >= 0.3 is 0 Å². The summed E-state index contributed by atoms with van der Waals surface area (Å²) >= 11 is 0. The van der Waals surface area contributed by atoms with E-state index in [4.69, 9.17) is 0 Å². The first-order valence-electron chi connectivity index (χ1n) is 7.99. The van der Waals surface area contributed by atoms with Gasteiger partial charge in [-0.1, -0.05) is 51.4 Å². The second-order valence-electron chi connectivity index (χ2n) is 6.63. The molecule has 0 aliphatic heterocycles. The second-order valence-corrected chi connectivity index (χ2v) is 6.63. The van der Waals surface area contributed by atoms with Gasteiger partial charge in [0.05, 0.1) is 0 Å². The molecule has 2 fully saturated rings. The van der Waals surface area contributed by atoms with Crippen molar-refractivity contribution in [3.8, 4) is 0 Å². The minimum Gasteiger partial charge on any atom is -0.319 e. The monoisotopic (exact) mass is 237 g/mol. The van der Waals surface area contributed by atoms with Gasteiger partial charge in [0, 0.05) is 6.54 Å². The fraction of sp³-hybridized carbons (Fsp3) is 1.00. The van der Waals surface area contributed by atoms with E-state index in [2.05, 4.69) is 12.4 Å². The lowest BCUT2D eigenvalue weighted by Crippen LogP contribution is -2.35. The maximum Gasteiger partial charge on any atom is 0.000480 e. The summed E-state index contributed by atoms with van der Waals surface area (Å²) in [6, 6.07) is 0. The quantitative estimate of drug-likeness (QED) is 0.741. The third kappa shape index (κ3) is 3.98. The molecule has 100 valence electrons. The Labute approximate surface area is 108 Å². The maximum absolute atomic E-state index is 3.47. The van der Waals surface area contributed by atoms with Gasteiger partial charge in [-0.3, -0.25) is 0 Å². The van der Waals surface area contributed by atoms with Gasteiger partial charge in [0.25, 0.3) is 0 Å². The van der Waals surface area contributed by atoms with Crippen LogP contribution in [-0.4, -0.2) is 13.6 Å². The largest absolute Gasteiger partial charge is 0.319 e. The number of hydrogen-bond acceptors (Lipinski definition) is 1. The highest BCUT2D eigenvalue weighted by Gasteiger charge is 2.31. The molecule has 0 atom stereocenters. The normalized spacial score (nSPS) is 25.9. The van der Waals surface area contributed by atoms with Crippen LogP contribution in [0.2, 0.25) is 0 Å². The van der Waals surface area contributed by atoms with Crippen molar-refractivity contribution in [3.05, 3.63) is 0 Å². The molecule has 0 saturated heterocycles. The van der Waals surface area contributed by atoms with E-state index in [0.717, 1.165) is 5.92 Å². The molecule has 1 heteroatoms. The molecule has 1 N–H and O–H groups in total. The van der Waals surface area contributed by atoms with Crippen LogP contribution in [0.4, 0.5) is 0 Å². The molecule has 2 rings (SSSR count). The van der Waals surface area contributed by atoms with E-state index >= 15 is 0 Å². The first-order chi connectivity index (χ1) is 8.35. The molecular weight excluding hydrogens is 206 g/mol. The van der Waals surface area contributed by atoms with Crippen LogP contribution >= 0.6 is 0 Å². The fourth-order valence-electron chi connectivity index (χ4n) is 4.18. The van der Waals surface area contributed by atoms with Gasteiger partial charge in [0.15, 0.2) is 0 Å². The molecule has 0 unspecified atom stereocenters. The highest BCUT2D eigenvalue weighted by molar-refractivity contribution is 4.85. The Balaban J connectivity index is 1.79. The lowest BCUT2D eigenvalue weighted by atomic mass is 9.69. The topological polar surface area (TPSA) is 12.0 Å². The minimum atomic E-state index is 0.671. The summed E-state index contributed by atoms with van der Waals surface area (Å²) in [5.41, 5.74) is 0.671. The highest BCUT2D eigenvalue weighted by atomic mass is 14.8. The Hall–Kier alpha value is -0.0400. The van der Waals surface area contributed by atoms with Crippen LogP contribution in [0.3, 0.4) is 0 Å². The first-order valence-corrected chi connectivity index (χ1v) is 7.99. The van der Waals surface area contributed by atoms with Crippen molar-refractivity contribution in [1.29, 1.82) is 0 Å². The van der Waals surface area contributed by atoms with Crippen molar-refractivity contribution in [2.75, 3.05) is 13.6 Å². The lowest BCUT2D eigenvalue weighted by molar-refractivity contribution is 0.149. The summed E-state index contributed by atoms with van der Waals surface area (Å²) in [5, 5.41) is 3.47. The van der Waals surface area contributed by atoms with Gasteiger partial charge < -0.3 is 5.32 Å². The van der Waals surface area contributed by atoms with E-state index in [1.807, 2.05) is 0 Å². The van der Waals surface area contributed by atoms with Gasteiger partial charge in [-0.2, -0.15) is 0 Å². The van der Waals surface area contributed by atoms with Gasteiger partial charge in [0.1, 0.15) is 0 Å². The van der Waals surface area contributed by atoms with Gasteiger partial charge in [-0.05, 0) is 44.1 Å². The molecular formula is C16H31N. The number of rotatable bonds is 5. The molecule has 0 aromatic carbocycles. The van der Waals surface area contributed by atoms with Gasteiger partial charge in [-0.15, -0.1) is 0 Å². The van der Waals surface area contributed by atoms with Crippen molar-refractivity contribution >= 4 is 0 Å². The molecule has 2 aliphatic rings. The summed E-state index contributed by atoms with van der Waals surface area (Å²) < 4.78 is 0. The van der Waals surface area contributed by atoms with Crippen LogP contribution in [0.15, 0.2) is 0 Å². The third-order valence-corrected chi connectivity index (χ3v) is 5.27. The SMILES string of the molecule is CNCC1(CCC2CCCCC2)CCCCC1. The van der Waals surface area contributed by atoms with E-state index in [1.54, 1.807) is 0 Å². The summed E-state index contributed by atoms with van der Waals surface area (Å²) in [6.45, 7) is 1.26. The Morgan fingerprint density at radius 3 is 2.24 bits per heavy atom. The van der Waals surface area contributed by atoms with Crippen LogP contribution in [0.25, 0.3) is 0 Å². The smallest absolute Gasteiger partial charge is 0.000480 e. The Kier molecular flexibility index (Phi) is 5.34. The van der Waals surface area contributed by atoms with Crippen LogP contribution in [-0.2, 0) is 0 Å².